The number of carboxylic acids is 1. The number of nitro groups is 1. The minimum Gasteiger partial charge on any atom is -0.480 e. The van der Waals surface area contributed by atoms with E-state index in [2.05, 4.69) is 21.2 Å². The van der Waals surface area contributed by atoms with Crippen LogP contribution in [0.2, 0.25) is 0 Å². The molecule has 0 saturated heterocycles. The van der Waals surface area contributed by atoms with Gasteiger partial charge in [0.15, 0.2) is 0 Å². The molecule has 1 unspecified atom stereocenters. The van der Waals surface area contributed by atoms with Gasteiger partial charge >= 0.3 is 5.97 Å². The number of non-ortho nitro benzene ring substituents is 1. The van der Waals surface area contributed by atoms with Crippen LogP contribution in [0, 0.1) is 15.5 Å². The number of carboxylic acid groups (broad SMARTS) is 1. The van der Waals surface area contributed by atoms with Crippen molar-refractivity contribution in [2.45, 2.75) is 26.8 Å². The van der Waals surface area contributed by atoms with Crippen molar-refractivity contribution in [1.82, 2.24) is 5.32 Å². The van der Waals surface area contributed by atoms with Crippen molar-refractivity contribution in [2.75, 3.05) is 0 Å². The SMILES string of the molecule is CC(C)(C)C(NC(=O)c1cc(Br)cc([N+](=O)[O-])c1)C(=O)O. The van der Waals surface area contributed by atoms with Gasteiger partial charge in [-0.15, -0.1) is 0 Å². The summed E-state index contributed by atoms with van der Waals surface area (Å²) < 4.78 is 0.365. The molecule has 1 atom stereocenters. The van der Waals surface area contributed by atoms with E-state index in [9.17, 15) is 19.7 Å². The van der Waals surface area contributed by atoms with Gasteiger partial charge in [-0.2, -0.15) is 0 Å². The largest absolute Gasteiger partial charge is 0.480 e. The summed E-state index contributed by atoms with van der Waals surface area (Å²) in [5, 5.41) is 22.3. The van der Waals surface area contributed by atoms with Crippen LogP contribution in [0.25, 0.3) is 0 Å². The number of halogens is 1. The van der Waals surface area contributed by atoms with Crippen molar-refractivity contribution in [2.24, 2.45) is 5.41 Å². The molecule has 2 N–H and O–H groups in total. The number of benzene rings is 1. The van der Waals surface area contributed by atoms with Crippen molar-refractivity contribution in [3.8, 4) is 0 Å². The molecule has 0 aliphatic rings. The molecule has 0 fully saturated rings. The van der Waals surface area contributed by atoms with Crippen LogP contribution in [-0.2, 0) is 4.79 Å². The number of carbonyl (C=O) groups excluding carboxylic acids is 1. The second-order valence-electron chi connectivity index (χ2n) is 5.57. The maximum absolute atomic E-state index is 12.1. The fourth-order valence-corrected chi connectivity index (χ4v) is 2.15. The number of nitrogens with one attached hydrogen (secondary N) is 1. The molecule has 0 saturated carbocycles. The third kappa shape index (κ3) is 4.52. The average Bonchev–Trinajstić information content (AvgIpc) is 2.32. The van der Waals surface area contributed by atoms with Crippen LogP contribution in [0.1, 0.15) is 31.1 Å². The van der Waals surface area contributed by atoms with Crippen LogP contribution in [0.3, 0.4) is 0 Å². The molecule has 21 heavy (non-hydrogen) atoms. The summed E-state index contributed by atoms with van der Waals surface area (Å²) in [5.74, 6) is -1.85. The number of hydrogen-bond acceptors (Lipinski definition) is 4. The lowest BCUT2D eigenvalue weighted by Gasteiger charge is -2.27. The van der Waals surface area contributed by atoms with Crippen LogP contribution in [0.15, 0.2) is 22.7 Å². The highest BCUT2D eigenvalue weighted by atomic mass is 79.9. The van der Waals surface area contributed by atoms with Crippen LogP contribution in [-0.4, -0.2) is 27.9 Å². The summed E-state index contributed by atoms with van der Waals surface area (Å²) in [7, 11) is 0. The molecule has 114 valence electrons. The number of amides is 1. The molecule has 0 aliphatic heterocycles. The van der Waals surface area contributed by atoms with Crippen LogP contribution >= 0.6 is 15.9 Å². The van der Waals surface area contributed by atoms with Crippen molar-refractivity contribution in [1.29, 1.82) is 0 Å². The average molecular weight is 359 g/mol. The molecule has 1 aromatic carbocycles. The monoisotopic (exact) mass is 358 g/mol. The molecule has 7 nitrogen and oxygen atoms in total. The van der Waals surface area contributed by atoms with Gasteiger partial charge in [0, 0.05) is 22.2 Å². The third-order valence-electron chi connectivity index (χ3n) is 2.74. The third-order valence-corrected chi connectivity index (χ3v) is 3.20. The quantitative estimate of drug-likeness (QED) is 0.634. The zero-order chi connectivity index (χ0) is 16.4. The molecule has 0 heterocycles. The fourth-order valence-electron chi connectivity index (χ4n) is 1.67. The highest BCUT2D eigenvalue weighted by Crippen LogP contribution is 2.23. The van der Waals surface area contributed by atoms with E-state index in [1.807, 2.05) is 0 Å². The first-order valence-electron chi connectivity index (χ1n) is 6.01. The van der Waals surface area contributed by atoms with Crippen molar-refractivity contribution in [3.05, 3.63) is 38.3 Å². The van der Waals surface area contributed by atoms with Crippen LogP contribution in [0.4, 0.5) is 5.69 Å². The lowest BCUT2D eigenvalue weighted by atomic mass is 9.86. The van der Waals surface area contributed by atoms with E-state index in [0.29, 0.717) is 4.47 Å². The Kier molecular flexibility index (Phi) is 5.06. The van der Waals surface area contributed by atoms with Crippen molar-refractivity contribution >= 4 is 33.5 Å². The van der Waals surface area contributed by atoms with Gasteiger partial charge in [-0.05, 0) is 11.5 Å². The Morgan fingerprint density at radius 3 is 2.33 bits per heavy atom. The van der Waals surface area contributed by atoms with Crippen molar-refractivity contribution in [3.63, 3.8) is 0 Å². The number of hydrogen-bond donors (Lipinski definition) is 2. The predicted octanol–water partition coefficient (Wildman–Crippen LogP) is 2.59. The zero-order valence-electron chi connectivity index (χ0n) is 11.7. The van der Waals surface area contributed by atoms with Gasteiger partial charge in [-0.1, -0.05) is 36.7 Å². The zero-order valence-corrected chi connectivity index (χ0v) is 13.3. The van der Waals surface area contributed by atoms with E-state index in [4.69, 9.17) is 5.11 Å². The number of rotatable bonds is 4. The fraction of sp³-hybridized carbons (Fsp3) is 0.385. The van der Waals surface area contributed by atoms with E-state index in [0.717, 1.165) is 6.07 Å². The molecule has 1 amide bonds. The van der Waals surface area contributed by atoms with E-state index < -0.39 is 28.3 Å². The van der Waals surface area contributed by atoms with E-state index in [-0.39, 0.29) is 11.3 Å². The highest BCUT2D eigenvalue weighted by molar-refractivity contribution is 9.10. The topological polar surface area (TPSA) is 110 Å². The van der Waals surface area contributed by atoms with Gasteiger partial charge in [0.05, 0.1) is 4.92 Å². The number of carbonyl (C=O) groups is 2. The molecule has 0 aliphatic carbocycles. The smallest absolute Gasteiger partial charge is 0.326 e. The molecule has 1 aromatic rings. The first-order valence-corrected chi connectivity index (χ1v) is 6.80. The minimum absolute atomic E-state index is 0.0200. The number of nitrogens with zero attached hydrogens (tertiary/aromatic N) is 1. The van der Waals surface area contributed by atoms with E-state index >= 15 is 0 Å². The first-order chi connectivity index (χ1) is 9.52. The Labute approximate surface area is 129 Å². The molecular weight excluding hydrogens is 344 g/mol. The Morgan fingerprint density at radius 2 is 1.90 bits per heavy atom. The Balaban J connectivity index is 3.09. The van der Waals surface area contributed by atoms with Gasteiger partial charge in [0.1, 0.15) is 6.04 Å². The highest BCUT2D eigenvalue weighted by Gasteiger charge is 2.33. The van der Waals surface area contributed by atoms with Crippen molar-refractivity contribution < 1.29 is 19.6 Å². The summed E-state index contributed by atoms with van der Waals surface area (Å²) in [4.78, 5) is 33.5. The predicted molar refractivity (Wildman–Crippen MR) is 79.1 cm³/mol. The second-order valence-corrected chi connectivity index (χ2v) is 6.48. The molecule has 1 rings (SSSR count). The Morgan fingerprint density at radius 1 is 1.33 bits per heavy atom. The maximum atomic E-state index is 12.1. The molecule has 0 aromatic heterocycles. The summed E-state index contributed by atoms with van der Waals surface area (Å²) in [6.07, 6.45) is 0. The van der Waals surface area contributed by atoms with Gasteiger partial charge < -0.3 is 10.4 Å². The Bertz CT molecular complexity index is 595. The van der Waals surface area contributed by atoms with Gasteiger partial charge in [0.2, 0.25) is 0 Å². The van der Waals surface area contributed by atoms with E-state index in [1.165, 1.54) is 12.1 Å². The van der Waals surface area contributed by atoms with Gasteiger partial charge in [0.25, 0.3) is 11.6 Å². The standard InChI is InChI=1S/C13H15BrN2O5/c1-13(2,3)10(12(18)19)15-11(17)7-4-8(14)6-9(5-7)16(20)21/h4-6,10H,1-3H3,(H,15,17)(H,18,19). The normalized spacial score (nSPS) is 12.6. The molecular formula is C13H15BrN2O5. The summed E-state index contributed by atoms with van der Waals surface area (Å²) in [6, 6.07) is 2.64. The summed E-state index contributed by atoms with van der Waals surface area (Å²) in [5.41, 5.74) is -0.928. The lowest BCUT2D eigenvalue weighted by Crippen LogP contribution is -2.49. The van der Waals surface area contributed by atoms with Crippen LogP contribution < -0.4 is 5.32 Å². The summed E-state index contributed by atoms with van der Waals surface area (Å²) in [6.45, 7) is 5.03. The van der Waals surface area contributed by atoms with Gasteiger partial charge in [-0.3, -0.25) is 14.9 Å². The number of nitro benzene ring substituents is 1. The van der Waals surface area contributed by atoms with Crippen LogP contribution in [0.5, 0.6) is 0 Å². The van der Waals surface area contributed by atoms with Gasteiger partial charge in [-0.25, -0.2) is 4.79 Å². The van der Waals surface area contributed by atoms with E-state index in [1.54, 1.807) is 20.8 Å². The second kappa shape index (κ2) is 6.21. The molecule has 0 spiro atoms. The molecule has 0 radical (unpaired) electrons. The summed E-state index contributed by atoms with van der Waals surface area (Å²) >= 11 is 3.08. The first kappa shape index (κ1) is 17.1. The maximum Gasteiger partial charge on any atom is 0.326 e. The molecule has 8 heteroatoms. The Hall–Kier alpha value is -1.96. The minimum atomic E-state index is -1.17. The number of aliphatic carboxylic acids is 1. The lowest BCUT2D eigenvalue weighted by molar-refractivity contribution is -0.385. The molecule has 0 bridgehead atoms.